The molecule has 0 radical (unpaired) electrons. The van der Waals surface area contributed by atoms with Gasteiger partial charge in [-0.15, -0.1) is 0 Å². The molecule has 1 fully saturated rings. The molecule has 1 N–H and O–H groups in total. The smallest absolute Gasteiger partial charge is 0.337 e. The van der Waals surface area contributed by atoms with Gasteiger partial charge in [-0.25, -0.2) is 4.79 Å². The second kappa shape index (κ2) is 4.22. The highest BCUT2D eigenvalue weighted by molar-refractivity contribution is 5.86. The van der Waals surface area contributed by atoms with Crippen LogP contribution in [0.15, 0.2) is 11.8 Å². The molecule has 0 aromatic heterocycles. The van der Waals surface area contributed by atoms with Crippen LogP contribution in [0, 0.1) is 11.8 Å². The van der Waals surface area contributed by atoms with Crippen molar-refractivity contribution in [3.05, 3.63) is 11.8 Å². The predicted molar refractivity (Wildman–Crippen MR) is 60.2 cm³/mol. The Bertz CT molecular complexity index is 392. The van der Waals surface area contributed by atoms with Gasteiger partial charge >= 0.3 is 5.97 Å². The normalized spacial score (nSPS) is 43.2. The molecule has 0 amide bonds. The summed E-state index contributed by atoms with van der Waals surface area (Å²) in [6.45, 7) is 3.42. The molecule has 6 heteroatoms. The van der Waals surface area contributed by atoms with E-state index in [4.69, 9.17) is 18.9 Å². The monoisotopic (exact) mass is 258 g/mol. The minimum absolute atomic E-state index is 0.169. The molecule has 18 heavy (non-hydrogen) atoms. The van der Waals surface area contributed by atoms with Gasteiger partial charge in [0.25, 0.3) is 5.79 Å². The predicted octanol–water partition coefficient (Wildman–Crippen LogP) is 0.407. The second-order valence-electron chi connectivity index (χ2n) is 4.70. The number of ether oxygens (including phenoxy) is 4. The Kier molecular flexibility index (Phi) is 3.12. The van der Waals surface area contributed by atoms with E-state index in [0.29, 0.717) is 0 Å². The maximum atomic E-state index is 11.5. The van der Waals surface area contributed by atoms with Crippen LogP contribution in [0.1, 0.15) is 13.8 Å². The summed E-state index contributed by atoms with van der Waals surface area (Å²) in [4.78, 5) is 11.5. The highest BCUT2D eigenvalue weighted by Crippen LogP contribution is 2.52. The van der Waals surface area contributed by atoms with Gasteiger partial charge in [0, 0.05) is 13.0 Å². The molecule has 0 saturated carbocycles. The standard InChI is InChI=1S/C12H18O6/c1-7-8(6-13)12(18-11(7,2)16-4)9(15-3)5-10(14)17-12/h5,7-8,13H,6H2,1-4H3/t7-,8+,11+,12?/m1/s1. The zero-order chi connectivity index (χ0) is 13.6. The maximum Gasteiger partial charge on any atom is 0.337 e. The first-order valence-corrected chi connectivity index (χ1v) is 5.79. The Morgan fingerprint density at radius 1 is 1.50 bits per heavy atom. The number of carbonyl (C=O) groups is 1. The van der Waals surface area contributed by atoms with Crippen molar-refractivity contribution in [2.24, 2.45) is 11.8 Å². The zero-order valence-electron chi connectivity index (χ0n) is 10.9. The molecule has 2 aliphatic rings. The van der Waals surface area contributed by atoms with E-state index in [2.05, 4.69) is 0 Å². The van der Waals surface area contributed by atoms with Crippen LogP contribution in [0.3, 0.4) is 0 Å². The Balaban J connectivity index is 2.45. The molecule has 2 heterocycles. The van der Waals surface area contributed by atoms with Crippen LogP contribution in [-0.4, -0.2) is 43.5 Å². The van der Waals surface area contributed by atoms with Crippen LogP contribution in [-0.2, 0) is 23.7 Å². The average molecular weight is 258 g/mol. The summed E-state index contributed by atoms with van der Waals surface area (Å²) in [5.41, 5.74) is 0. The molecule has 0 aromatic carbocycles. The fraction of sp³-hybridized carbons (Fsp3) is 0.750. The molecule has 0 bridgehead atoms. The number of aliphatic hydroxyl groups is 1. The van der Waals surface area contributed by atoms with Crippen LogP contribution in [0.5, 0.6) is 0 Å². The van der Waals surface area contributed by atoms with E-state index < -0.39 is 23.5 Å². The molecule has 6 nitrogen and oxygen atoms in total. The van der Waals surface area contributed by atoms with E-state index in [9.17, 15) is 9.90 Å². The molecule has 102 valence electrons. The number of hydrogen-bond donors (Lipinski definition) is 1. The Labute approximate surface area is 105 Å². The summed E-state index contributed by atoms with van der Waals surface area (Å²) in [5.74, 6) is -3.23. The topological polar surface area (TPSA) is 74.2 Å². The average Bonchev–Trinajstić information content (AvgIpc) is 2.76. The van der Waals surface area contributed by atoms with Crippen molar-refractivity contribution in [1.82, 2.24) is 0 Å². The minimum atomic E-state index is -1.38. The quantitative estimate of drug-likeness (QED) is 0.739. The molecule has 2 aliphatic heterocycles. The number of esters is 1. The molecule has 1 unspecified atom stereocenters. The molecule has 4 atom stereocenters. The van der Waals surface area contributed by atoms with E-state index in [0.717, 1.165) is 0 Å². The van der Waals surface area contributed by atoms with Crippen molar-refractivity contribution >= 4 is 5.97 Å². The summed E-state index contributed by atoms with van der Waals surface area (Å²) < 4.78 is 21.6. The summed E-state index contributed by atoms with van der Waals surface area (Å²) >= 11 is 0. The first-order chi connectivity index (χ1) is 8.43. The van der Waals surface area contributed by atoms with Crippen molar-refractivity contribution in [3.8, 4) is 0 Å². The highest BCUT2D eigenvalue weighted by Gasteiger charge is 2.66. The molecule has 0 aliphatic carbocycles. The lowest BCUT2D eigenvalue weighted by Crippen LogP contribution is -2.42. The van der Waals surface area contributed by atoms with Crippen LogP contribution in [0.2, 0.25) is 0 Å². The molecule has 2 rings (SSSR count). The van der Waals surface area contributed by atoms with E-state index >= 15 is 0 Å². The summed E-state index contributed by atoms with van der Waals surface area (Å²) in [7, 11) is 2.94. The van der Waals surface area contributed by atoms with Gasteiger partial charge in [-0.3, -0.25) is 0 Å². The van der Waals surface area contributed by atoms with E-state index in [1.54, 1.807) is 6.92 Å². The number of aliphatic hydroxyl groups excluding tert-OH is 1. The molecular weight excluding hydrogens is 240 g/mol. The maximum absolute atomic E-state index is 11.5. The second-order valence-corrected chi connectivity index (χ2v) is 4.70. The highest BCUT2D eigenvalue weighted by atomic mass is 16.8. The van der Waals surface area contributed by atoms with Crippen LogP contribution in [0.25, 0.3) is 0 Å². The van der Waals surface area contributed by atoms with Gasteiger partial charge in [0.05, 0.1) is 25.7 Å². The van der Waals surface area contributed by atoms with Crippen LogP contribution < -0.4 is 0 Å². The molecule has 1 spiro atoms. The first-order valence-electron chi connectivity index (χ1n) is 5.79. The largest absolute Gasteiger partial charge is 0.494 e. The Hall–Kier alpha value is -1.11. The zero-order valence-corrected chi connectivity index (χ0v) is 10.9. The van der Waals surface area contributed by atoms with Gasteiger partial charge in [0.15, 0.2) is 11.5 Å². The van der Waals surface area contributed by atoms with Gasteiger partial charge in [-0.05, 0) is 6.92 Å². The third-order valence-electron chi connectivity index (χ3n) is 3.94. The fourth-order valence-corrected chi connectivity index (χ4v) is 2.64. The summed E-state index contributed by atoms with van der Waals surface area (Å²) in [5, 5.41) is 9.58. The van der Waals surface area contributed by atoms with Crippen molar-refractivity contribution in [2.45, 2.75) is 25.4 Å². The lowest BCUT2D eigenvalue weighted by Gasteiger charge is -2.30. The lowest BCUT2D eigenvalue weighted by atomic mass is 9.85. The summed E-state index contributed by atoms with van der Waals surface area (Å²) in [6, 6.07) is 0. The summed E-state index contributed by atoms with van der Waals surface area (Å²) in [6.07, 6.45) is 1.23. The lowest BCUT2D eigenvalue weighted by molar-refractivity contribution is -0.295. The number of methoxy groups -OCH3 is 2. The van der Waals surface area contributed by atoms with Gasteiger partial charge < -0.3 is 24.1 Å². The van der Waals surface area contributed by atoms with E-state index in [-0.39, 0.29) is 18.3 Å². The van der Waals surface area contributed by atoms with Crippen molar-refractivity contribution in [2.75, 3.05) is 20.8 Å². The fourth-order valence-electron chi connectivity index (χ4n) is 2.64. The van der Waals surface area contributed by atoms with Gasteiger partial charge in [-0.2, -0.15) is 0 Å². The SMILES string of the molecule is COC1=CC(=O)OC12O[C@](C)(OC)[C@H](C)[C@@H]2CO. The van der Waals surface area contributed by atoms with Gasteiger partial charge in [-0.1, -0.05) is 6.92 Å². The van der Waals surface area contributed by atoms with Crippen molar-refractivity contribution in [1.29, 1.82) is 0 Å². The third-order valence-corrected chi connectivity index (χ3v) is 3.94. The molecule has 0 aromatic rings. The van der Waals surface area contributed by atoms with Crippen LogP contribution >= 0.6 is 0 Å². The third kappa shape index (κ3) is 1.56. The molecule has 1 saturated heterocycles. The first kappa shape index (κ1) is 13.3. The van der Waals surface area contributed by atoms with E-state index in [1.165, 1.54) is 20.3 Å². The van der Waals surface area contributed by atoms with E-state index in [1.807, 2.05) is 6.92 Å². The van der Waals surface area contributed by atoms with Crippen molar-refractivity contribution in [3.63, 3.8) is 0 Å². The number of hydrogen-bond acceptors (Lipinski definition) is 6. The van der Waals surface area contributed by atoms with Gasteiger partial charge in [0.1, 0.15) is 0 Å². The van der Waals surface area contributed by atoms with Crippen molar-refractivity contribution < 1.29 is 28.8 Å². The van der Waals surface area contributed by atoms with Gasteiger partial charge in [0.2, 0.25) is 0 Å². The Morgan fingerprint density at radius 3 is 2.67 bits per heavy atom. The Morgan fingerprint density at radius 2 is 2.17 bits per heavy atom. The number of carbonyl (C=O) groups excluding carboxylic acids is 1. The number of rotatable bonds is 3. The minimum Gasteiger partial charge on any atom is -0.494 e. The van der Waals surface area contributed by atoms with Crippen LogP contribution in [0.4, 0.5) is 0 Å². The molecular formula is C12H18O6.